The zero-order valence-electron chi connectivity index (χ0n) is 93.3. The average Bonchev–Trinajstić information content (AvgIpc) is 0.726. The highest BCUT2D eigenvalue weighted by Gasteiger charge is 2.33. The third kappa shape index (κ3) is 20.1. The van der Waals surface area contributed by atoms with Crippen molar-refractivity contribution in [2.24, 2.45) is 35.2 Å². The SMILES string of the molecule is [2H]c1c(C)[n+](C)c(-c2cc(C)cc(C)c2C)c2cc(C)c(-c3ccccc3)cc12.[2H]c1c(C)[n+](C)c(-c2cc(C)cc(C)c2C)c2cc(C)c(-c3cccnc3)cc12.[2H]c1c(C)[n+](C)c(-c2cc(C)cc(C)c2C)c2cc(C)c([N+]#[C-])cc12.[2H]c1c(C)[n+](C)c(-c2cc(C)cc(C)c2C)c2cc(C)c([Si](C)(C)C)cc12.[2H]c1c(C)[n+](C)c(-c2cc(C)cc(C)c2C)c2cc(C)c([Si](C)(C)c3ccccc3)cc12. The summed E-state index contributed by atoms with van der Waals surface area (Å²) in [5, 5.41) is 15.0. The van der Waals surface area contributed by atoms with Gasteiger partial charge in [-0.15, -0.1) is 0 Å². The lowest BCUT2D eigenvalue weighted by atomic mass is 9.91. The zero-order valence-corrected chi connectivity index (χ0v) is 90.3. The predicted octanol–water partition coefficient (Wildman–Crippen LogP) is 29.0. The fourth-order valence-electron chi connectivity index (χ4n) is 20.6. The molecule has 0 fully saturated rings. The summed E-state index contributed by atoms with van der Waals surface area (Å²) in [6.45, 7) is 72.9. The summed E-state index contributed by atoms with van der Waals surface area (Å²) < 4.78 is 54.9. The van der Waals surface area contributed by atoms with Crippen molar-refractivity contribution in [1.29, 1.82) is 0 Å². The summed E-state index contributed by atoms with van der Waals surface area (Å²) in [5.41, 5.74) is 47.6. The van der Waals surface area contributed by atoms with E-state index in [1.165, 1.54) is 194 Å². The van der Waals surface area contributed by atoms with E-state index in [-0.39, 0.29) is 0 Å². The molecular weight excluding hydrogens is 1690 g/mol. The van der Waals surface area contributed by atoms with E-state index in [2.05, 4.69) is 415 Å². The average molecular weight is 1840 g/mol. The second kappa shape index (κ2) is 39.8. The van der Waals surface area contributed by atoms with Gasteiger partial charge in [0.2, 0.25) is 28.5 Å². The first kappa shape index (κ1) is 92.8. The quantitative estimate of drug-likeness (QED) is 0.0764. The molecule has 0 saturated carbocycles. The van der Waals surface area contributed by atoms with E-state index in [9.17, 15) is 0 Å². The molecule has 18 aromatic rings. The maximum absolute atomic E-state index is 9.00. The van der Waals surface area contributed by atoms with Crippen molar-refractivity contribution in [2.75, 3.05) is 0 Å². The lowest BCUT2D eigenvalue weighted by Gasteiger charge is -2.26. The molecule has 0 spiro atoms. The van der Waals surface area contributed by atoms with Gasteiger partial charge in [-0.3, -0.25) is 4.98 Å². The van der Waals surface area contributed by atoms with Crippen LogP contribution in [0.4, 0.5) is 5.69 Å². The van der Waals surface area contributed by atoms with Gasteiger partial charge in [0.25, 0.3) is 0 Å². The van der Waals surface area contributed by atoms with Crippen LogP contribution in [0.1, 0.15) is 147 Å². The number of rotatable bonds is 10. The van der Waals surface area contributed by atoms with Crippen LogP contribution in [0.2, 0.25) is 32.7 Å². The summed E-state index contributed by atoms with van der Waals surface area (Å²) in [6, 6.07) is 73.0. The first-order valence-corrected chi connectivity index (χ1v) is 54.8. The van der Waals surface area contributed by atoms with Crippen molar-refractivity contribution in [1.82, 2.24) is 4.98 Å². The van der Waals surface area contributed by atoms with Crippen LogP contribution in [0, 0.1) is 180 Å². The highest BCUT2D eigenvalue weighted by Crippen LogP contribution is 2.42. The van der Waals surface area contributed by atoms with Crippen LogP contribution in [0.25, 0.3) is 137 Å². The lowest BCUT2D eigenvalue weighted by molar-refractivity contribution is -0.665. The maximum atomic E-state index is 9.00. The van der Waals surface area contributed by atoms with Crippen molar-refractivity contribution in [3.05, 3.63) is 388 Å². The molecule has 0 radical (unpaired) electrons. The second-order valence-corrected chi connectivity index (χ2v) is 50.3. The van der Waals surface area contributed by atoms with Crippen molar-refractivity contribution in [3.8, 4) is 78.5 Å². The topological polar surface area (TPSA) is 36.6 Å². The van der Waals surface area contributed by atoms with Crippen LogP contribution >= 0.6 is 0 Å². The molecule has 7 nitrogen and oxygen atoms in total. The lowest BCUT2D eigenvalue weighted by Crippen LogP contribution is -2.53. The largest absolute Gasteiger partial charge is 0.264 e. The van der Waals surface area contributed by atoms with E-state index in [4.69, 9.17) is 13.4 Å². The minimum Gasteiger partial charge on any atom is -0.264 e. The fourth-order valence-corrected chi connectivity index (χ4v) is 25.3. The molecule has 0 N–H and O–H groups in total. The Bertz CT molecular complexity index is 8040. The normalized spacial score (nSPS) is 12.0. The number of pyridine rings is 6. The van der Waals surface area contributed by atoms with Crippen molar-refractivity contribution in [3.63, 3.8) is 0 Å². The maximum Gasteiger partial charge on any atom is 0.220 e. The van der Waals surface area contributed by atoms with Crippen LogP contribution in [0.15, 0.2) is 237 Å². The number of aromatic nitrogens is 6. The molecule has 0 saturated heterocycles. The number of aryl methyl sites for hydroxylation is 15. The van der Waals surface area contributed by atoms with Crippen LogP contribution < -0.4 is 38.4 Å². The van der Waals surface area contributed by atoms with E-state index in [1.54, 1.807) is 6.20 Å². The first-order chi connectivity index (χ1) is 66.8. The Morgan fingerprint density at radius 1 is 0.270 bits per heavy atom. The molecule has 6 aromatic heterocycles. The van der Waals surface area contributed by atoms with Gasteiger partial charge in [-0.05, 0) is 333 Å². The van der Waals surface area contributed by atoms with Crippen molar-refractivity contribution < 1.29 is 29.7 Å². The number of nitrogens with zero attached hydrogens (tertiary/aromatic N) is 7. The molecule has 0 aliphatic heterocycles. The fraction of sp³-hybridized carbons (Fsp3) is 0.273. The molecule has 9 heteroatoms. The van der Waals surface area contributed by atoms with Gasteiger partial charge in [0, 0.05) is 82.8 Å². The molecule has 0 aliphatic carbocycles. The van der Waals surface area contributed by atoms with E-state index in [1.807, 2.05) is 59.1 Å². The molecule has 18 rings (SSSR count). The van der Waals surface area contributed by atoms with Gasteiger partial charge in [0.15, 0.2) is 34.2 Å². The van der Waals surface area contributed by atoms with Gasteiger partial charge >= 0.3 is 0 Å². The van der Waals surface area contributed by atoms with Crippen LogP contribution in [0.5, 0.6) is 0 Å². The third-order valence-corrected chi connectivity index (χ3v) is 35.1. The Morgan fingerprint density at radius 3 is 0.847 bits per heavy atom. The highest BCUT2D eigenvalue weighted by atomic mass is 28.3. The standard InChI is InChI=1S/C29H34NSi.C27H28N.C26H27N2.C24H32NSi.C22H23N2/c1-19-14-20(2)23(5)26(15-19)29-27-16-21(3)28(18-24(27)17-22(4)30(29)6)31(7,8)25-12-10-9-11-13-25;1-17-12-18(2)21(5)25(13-17)27-26-14-19(3)24(22-10-8-7-9-11-22)16-23(26)15-20(4)28(27)6;1-16-10-17(2)20(5)24(11-16)26-25-12-18(3)23(21-8-7-9-27-15-21)14-22(25)13-19(4)28(26)6;1-15-10-16(2)19(5)21(11-15)24-22-12-17(3)23(26(7,8)9)14-20(22)13-18(4)25(24)6;1-13-8-14(2)17(5)19(9-13)22-20-10-15(3)21(23-6)12-18(20)11-16(4)24(22)7/h9-18H,1-8H3;7-16H,1-6H3;7-15H,1-6H3;10-14H,1-9H3;8-12H,1-5,7H3/q5*+1/i17D;15D;2*13D;11D. The monoisotopic (exact) mass is 1840 g/mol. The highest BCUT2D eigenvalue weighted by molar-refractivity contribution is 7.00. The Morgan fingerprint density at radius 2 is 0.540 bits per heavy atom. The first-order valence-electron chi connectivity index (χ1n) is 50.8. The van der Waals surface area contributed by atoms with Gasteiger partial charge in [-0.25, -0.2) is 4.85 Å². The smallest absolute Gasteiger partial charge is 0.220 e. The molecule has 12 aromatic carbocycles. The summed E-state index contributed by atoms with van der Waals surface area (Å²) in [7, 11) is 7.03. The summed E-state index contributed by atoms with van der Waals surface area (Å²) >= 11 is 0. The number of hydrogen-bond donors (Lipinski definition) is 0. The second-order valence-electron chi connectivity index (χ2n) is 40.9. The molecule has 0 aliphatic rings. The Balaban J connectivity index is 0.000000141. The molecule has 0 unspecified atom stereocenters. The zero-order chi connectivity index (χ0) is 104. The minimum absolute atomic E-state index is 0.494. The summed E-state index contributed by atoms with van der Waals surface area (Å²) in [4.78, 5) is 7.90. The van der Waals surface area contributed by atoms with Crippen molar-refractivity contribution >= 4 is 91.3 Å². The van der Waals surface area contributed by atoms with Gasteiger partial charge in [0.05, 0.1) is 76.2 Å². The van der Waals surface area contributed by atoms with E-state index in [0.717, 1.165) is 93.9 Å². The van der Waals surface area contributed by atoms with Gasteiger partial charge in [-0.2, -0.15) is 22.8 Å². The minimum atomic E-state index is -1.89. The van der Waals surface area contributed by atoms with Crippen molar-refractivity contribution in [2.45, 2.75) is 206 Å². The van der Waals surface area contributed by atoms with E-state index in [0.29, 0.717) is 35.9 Å². The van der Waals surface area contributed by atoms with E-state index >= 15 is 0 Å². The Labute approximate surface area is 827 Å². The van der Waals surface area contributed by atoms with Gasteiger partial charge in [0.1, 0.15) is 43.3 Å². The molecule has 0 amide bonds. The Hall–Kier alpha value is -13.2. The number of benzene rings is 12. The van der Waals surface area contributed by atoms with Crippen LogP contribution in [-0.2, 0) is 35.2 Å². The summed E-state index contributed by atoms with van der Waals surface area (Å²) in [5.74, 6) is 0. The predicted molar refractivity (Wildman–Crippen MR) is 592 cm³/mol. The molecule has 0 atom stereocenters. The van der Waals surface area contributed by atoms with Crippen LogP contribution in [-0.4, -0.2) is 21.1 Å². The molecule has 137 heavy (non-hydrogen) atoms. The van der Waals surface area contributed by atoms with Gasteiger partial charge in [-0.1, -0.05) is 203 Å². The number of fused-ring (bicyclic) bond motifs is 5. The van der Waals surface area contributed by atoms with Gasteiger partial charge < -0.3 is 0 Å². The summed E-state index contributed by atoms with van der Waals surface area (Å²) in [6.07, 6.45) is 3.68. The molecule has 6 heterocycles. The molecule has 0 bridgehead atoms. The Kier molecular flexibility index (Phi) is 27.0. The molecular formula is C128H144N7Si2+5. The molecule has 694 valence electrons. The van der Waals surface area contributed by atoms with E-state index < -0.39 is 16.1 Å². The number of hydrogen-bond acceptors (Lipinski definition) is 1. The third-order valence-electron chi connectivity index (χ3n) is 29.3. The van der Waals surface area contributed by atoms with Crippen LogP contribution in [0.3, 0.4) is 0 Å².